The number of hydrogen-bond acceptors (Lipinski definition) is 4. The first-order valence-electron chi connectivity index (χ1n) is 6.15. The maximum absolute atomic E-state index is 12.7. The second kappa shape index (κ2) is 5.65. The Labute approximate surface area is 132 Å². The first-order valence-corrected chi connectivity index (χ1v) is 8.38. The SMILES string of the molecule is C=CCN1c2cc(Br)ccc2C(=O)C(=CN(C)C)S1(=O)=O. The Morgan fingerprint density at radius 3 is 2.62 bits per heavy atom. The van der Waals surface area contributed by atoms with Crippen molar-refractivity contribution in [3.8, 4) is 0 Å². The second-order valence-corrected chi connectivity index (χ2v) is 7.52. The van der Waals surface area contributed by atoms with Crippen LogP contribution in [0.1, 0.15) is 10.4 Å². The van der Waals surface area contributed by atoms with Gasteiger partial charge in [0.1, 0.15) is 0 Å². The first-order chi connectivity index (χ1) is 9.78. The van der Waals surface area contributed by atoms with Gasteiger partial charge in [-0.15, -0.1) is 6.58 Å². The molecule has 5 nitrogen and oxygen atoms in total. The van der Waals surface area contributed by atoms with Crippen LogP contribution in [0.4, 0.5) is 5.69 Å². The smallest absolute Gasteiger partial charge is 0.270 e. The number of carbonyl (C=O) groups excluding carboxylic acids is 1. The Morgan fingerprint density at radius 1 is 1.38 bits per heavy atom. The lowest BCUT2D eigenvalue weighted by Crippen LogP contribution is -2.40. The molecule has 1 aliphatic rings. The summed E-state index contributed by atoms with van der Waals surface area (Å²) in [5, 5.41) is 0. The van der Waals surface area contributed by atoms with E-state index in [0.29, 0.717) is 15.7 Å². The van der Waals surface area contributed by atoms with Crippen molar-refractivity contribution < 1.29 is 13.2 Å². The molecule has 7 heteroatoms. The fraction of sp³-hybridized carbons (Fsp3) is 0.214. The molecule has 0 aromatic heterocycles. The summed E-state index contributed by atoms with van der Waals surface area (Å²) in [6.07, 6.45) is 2.82. The van der Waals surface area contributed by atoms with Crippen molar-refractivity contribution >= 4 is 37.4 Å². The minimum absolute atomic E-state index is 0.101. The largest absolute Gasteiger partial charge is 0.382 e. The molecule has 112 valence electrons. The van der Waals surface area contributed by atoms with Gasteiger partial charge >= 0.3 is 0 Å². The molecule has 0 N–H and O–H groups in total. The lowest BCUT2D eigenvalue weighted by Gasteiger charge is -2.31. The molecule has 2 rings (SSSR count). The van der Waals surface area contributed by atoms with Gasteiger partial charge in [0.25, 0.3) is 10.0 Å². The zero-order valence-corrected chi connectivity index (χ0v) is 14.1. The molecule has 0 unspecified atom stereocenters. The molecule has 21 heavy (non-hydrogen) atoms. The number of carbonyl (C=O) groups is 1. The van der Waals surface area contributed by atoms with E-state index in [-0.39, 0.29) is 11.4 Å². The highest BCUT2D eigenvalue weighted by Crippen LogP contribution is 2.36. The van der Waals surface area contributed by atoms with Gasteiger partial charge in [-0.25, -0.2) is 8.42 Å². The Bertz CT molecular complexity index is 739. The number of rotatable bonds is 3. The number of halogens is 1. The first kappa shape index (κ1) is 15.8. The van der Waals surface area contributed by atoms with E-state index in [1.807, 2.05) is 0 Å². The molecule has 1 heterocycles. The number of sulfonamides is 1. The molecular weight excluding hydrogens is 356 g/mol. The third-order valence-electron chi connectivity index (χ3n) is 2.94. The monoisotopic (exact) mass is 370 g/mol. The molecule has 0 atom stereocenters. The van der Waals surface area contributed by atoms with E-state index in [1.165, 1.54) is 16.6 Å². The highest BCUT2D eigenvalue weighted by Gasteiger charge is 2.39. The number of nitrogens with zero attached hydrogens (tertiary/aromatic N) is 2. The van der Waals surface area contributed by atoms with Crippen molar-refractivity contribution in [2.24, 2.45) is 0 Å². The Balaban J connectivity index is 2.77. The van der Waals surface area contributed by atoms with Crippen LogP contribution in [-0.4, -0.2) is 39.7 Å². The van der Waals surface area contributed by atoms with E-state index in [1.54, 1.807) is 37.2 Å². The van der Waals surface area contributed by atoms with Crippen LogP contribution in [-0.2, 0) is 10.0 Å². The summed E-state index contributed by atoms with van der Waals surface area (Å²) in [6, 6.07) is 4.96. The van der Waals surface area contributed by atoms with Gasteiger partial charge < -0.3 is 4.90 Å². The summed E-state index contributed by atoms with van der Waals surface area (Å²) in [7, 11) is -0.547. The van der Waals surface area contributed by atoms with Gasteiger partial charge in [0.2, 0.25) is 5.78 Å². The number of hydrogen-bond donors (Lipinski definition) is 0. The maximum Gasteiger partial charge on any atom is 0.270 e. The lowest BCUT2D eigenvalue weighted by atomic mass is 10.1. The van der Waals surface area contributed by atoms with E-state index >= 15 is 0 Å². The summed E-state index contributed by atoms with van der Waals surface area (Å²) in [5.74, 6) is -0.494. The molecular formula is C14H15BrN2O3S. The maximum atomic E-state index is 12.7. The zero-order chi connectivity index (χ0) is 15.8. The van der Waals surface area contributed by atoms with Gasteiger partial charge in [0, 0.05) is 30.3 Å². The third-order valence-corrected chi connectivity index (χ3v) is 5.20. The summed E-state index contributed by atoms with van der Waals surface area (Å²) in [5.41, 5.74) is 0.730. The Kier molecular flexibility index (Phi) is 4.25. The van der Waals surface area contributed by atoms with Gasteiger partial charge in [-0.3, -0.25) is 9.10 Å². The van der Waals surface area contributed by atoms with E-state index in [2.05, 4.69) is 22.5 Å². The number of fused-ring (bicyclic) bond motifs is 1. The summed E-state index contributed by atoms with van der Waals surface area (Å²) in [4.78, 5) is 13.8. The second-order valence-electron chi connectivity index (χ2n) is 4.77. The molecule has 1 aliphatic heterocycles. The zero-order valence-electron chi connectivity index (χ0n) is 11.7. The fourth-order valence-electron chi connectivity index (χ4n) is 2.07. The standard InChI is InChI=1S/C14H15BrN2O3S/c1-4-7-17-12-8-10(15)5-6-11(12)14(18)13(9-16(2)3)21(17,19)20/h4-6,8-9H,1,7H2,2-3H3. The van der Waals surface area contributed by atoms with Gasteiger partial charge in [-0.1, -0.05) is 22.0 Å². The highest BCUT2D eigenvalue weighted by atomic mass is 79.9. The Hall–Kier alpha value is -1.60. The minimum atomic E-state index is -3.89. The minimum Gasteiger partial charge on any atom is -0.382 e. The molecule has 1 aromatic carbocycles. The van der Waals surface area contributed by atoms with E-state index in [4.69, 9.17) is 0 Å². The van der Waals surface area contributed by atoms with Gasteiger partial charge in [0.05, 0.1) is 12.2 Å². The predicted molar refractivity (Wildman–Crippen MR) is 86.7 cm³/mol. The third kappa shape index (κ3) is 2.75. The number of anilines is 1. The van der Waals surface area contributed by atoms with Crippen molar-refractivity contribution in [2.75, 3.05) is 24.9 Å². The summed E-state index contributed by atoms with van der Waals surface area (Å²) < 4.78 is 27.2. The van der Waals surface area contributed by atoms with Gasteiger partial charge in [-0.05, 0) is 18.2 Å². The van der Waals surface area contributed by atoms with Crippen LogP contribution in [0.25, 0.3) is 0 Å². The van der Waals surface area contributed by atoms with Crippen molar-refractivity contribution in [1.82, 2.24) is 4.90 Å². The highest BCUT2D eigenvalue weighted by molar-refractivity contribution is 9.10. The molecule has 0 saturated carbocycles. The van der Waals surface area contributed by atoms with Crippen molar-refractivity contribution in [1.29, 1.82) is 0 Å². The molecule has 0 aliphatic carbocycles. The lowest BCUT2D eigenvalue weighted by molar-refractivity contribution is 0.104. The van der Waals surface area contributed by atoms with Crippen molar-refractivity contribution in [3.63, 3.8) is 0 Å². The van der Waals surface area contributed by atoms with Crippen LogP contribution >= 0.6 is 15.9 Å². The van der Waals surface area contributed by atoms with Crippen molar-refractivity contribution in [3.05, 3.63) is 52.0 Å². The normalized spacial score (nSPS) is 18.5. The molecule has 0 amide bonds. The van der Waals surface area contributed by atoms with Gasteiger partial charge in [-0.2, -0.15) is 0 Å². The molecule has 0 spiro atoms. The van der Waals surface area contributed by atoms with Crippen LogP contribution in [0.2, 0.25) is 0 Å². The van der Waals surface area contributed by atoms with Crippen LogP contribution in [0.3, 0.4) is 0 Å². The molecule has 0 saturated heterocycles. The number of benzene rings is 1. The molecule has 0 fully saturated rings. The van der Waals surface area contributed by atoms with E-state index in [9.17, 15) is 13.2 Å². The predicted octanol–water partition coefficient (Wildman–Crippen LogP) is 2.37. The summed E-state index contributed by atoms with van der Waals surface area (Å²) in [6.45, 7) is 3.69. The average molecular weight is 371 g/mol. The van der Waals surface area contributed by atoms with Crippen molar-refractivity contribution in [2.45, 2.75) is 0 Å². The molecule has 1 aromatic rings. The Morgan fingerprint density at radius 2 is 2.05 bits per heavy atom. The topological polar surface area (TPSA) is 57.7 Å². The number of Topliss-reactive ketones (excluding diaryl/α,β-unsaturated/α-hetero) is 1. The average Bonchev–Trinajstić information content (AvgIpc) is 2.39. The van der Waals surface area contributed by atoms with Crippen LogP contribution in [0, 0.1) is 0 Å². The number of allylic oxidation sites excluding steroid dienone is 1. The van der Waals surface area contributed by atoms with E-state index in [0.717, 1.165) is 0 Å². The van der Waals surface area contributed by atoms with Crippen LogP contribution in [0.5, 0.6) is 0 Å². The van der Waals surface area contributed by atoms with Gasteiger partial charge in [0.15, 0.2) is 4.91 Å². The molecule has 0 bridgehead atoms. The fourth-order valence-corrected chi connectivity index (χ4v) is 4.06. The van der Waals surface area contributed by atoms with E-state index < -0.39 is 15.8 Å². The number of ketones is 1. The van der Waals surface area contributed by atoms with Crippen LogP contribution in [0.15, 0.2) is 46.4 Å². The molecule has 0 radical (unpaired) electrons. The quantitative estimate of drug-likeness (QED) is 0.605. The van der Waals surface area contributed by atoms with Crippen LogP contribution < -0.4 is 4.31 Å². The summed E-state index contributed by atoms with van der Waals surface area (Å²) >= 11 is 3.30.